The second-order valence-electron chi connectivity index (χ2n) is 8.67. The molecule has 0 radical (unpaired) electrons. The number of fused-ring (bicyclic) bond motifs is 3. The lowest BCUT2D eigenvalue weighted by Gasteiger charge is -2.17. The normalized spacial score (nSPS) is 19.9. The molecular formula is C25H28N2O6. The van der Waals surface area contributed by atoms with Gasteiger partial charge in [-0.25, -0.2) is 15.1 Å². The van der Waals surface area contributed by atoms with Crippen LogP contribution < -0.4 is 10.8 Å². The van der Waals surface area contributed by atoms with Gasteiger partial charge < -0.3 is 15.2 Å². The Morgan fingerprint density at radius 2 is 1.67 bits per heavy atom. The topological polar surface area (TPSA) is 114 Å². The molecule has 1 fully saturated rings. The van der Waals surface area contributed by atoms with Crippen molar-refractivity contribution in [2.24, 2.45) is 5.92 Å². The van der Waals surface area contributed by atoms with Crippen molar-refractivity contribution < 1.29 is 29.1 Å². The van der Waals surface area contributed by atoms with Gasteiger partial charge in [-0.3, -0.25) is 9.63 Å². The van der Waals surface area contributed by atoms with Gasteiger partial charge in [0.25, 0.3) is 0 Å². The van der Waals surface area contributed by atoms with Gasteiger partial charge in [0.15, 0.2) is 6.10 Å². The van der Waals surface area contributed by atoms with Crippen molar-refractivity contribution in [2.75, 3.05) is 6.61 Å². The Kier molecular flexibility index (Phi) is 6.93. The van der Waals surface area contributed by atoms with Crippen LogP contribution in [-0.2, 0) is 19.2 Å². The summed E-state index contributed by atoms with van der Waals surface area (Å²) in [5.41, 5.74) is 6.87. The van der Waals surface area contributed by atoms with Crippen molar-refractivity contribution in [3.63, 3.8) is 0 Å². The van der Waals surface area contributed by atoms with Crippen LogP contribution in [0.25, 0.3) is 11.1 Å². The van der Waals surface area contributed by atoms with Crippen LogP contribution in [0, 0.1) is 5.92 Å². The maximum atomic E-state index is 12.5. The predicted octanol–water partition coefficient (Wildman–Crippen LogP) is 3.60. The highest BCUT2D eigenvalue weighted by atomic mass is 16.7. The molecule has 2 amide bonds. The molecule has 0 aliphatic heterocycles. The third-order valence-corrected chi connectivity index (χ3v) is 6.38. The number of nitrogens with one attached hydrogen (secondary N) is 2. The Labute approximate surface area is 192 Å². The molecule has 2 aliphatic carbocycles. The van der Waals surface area contributed by atoms with Gasteiger partial charge in [-0.15, -0.1) is 0 Å². The summed E-state index contributed by atoms with van der Waals surface area (Å²) in [6, 6.07) is 16.3. The van der Waals surface area contributed by atoms with Gasteiger partial charge in [0.2, 0.25) is 5.91 Å². The minimum Gasteiger partial charge on any atom is -0.479 e. The molecule has 1 saturated carbocycles. The molecule has 3 N–H and O–H groups in total. The molecular weight excluding hydrogens is 424 g/mol. The minimum atomic E-state index is -1.15. The van der Waals surface area contributed by atoms with E-state index >= 15 is 0 Å². The molecule has 4 rings (SSSR count). The molecule has 8 heteroatoms. The van der Waals surface area contributed by atoms with Gasteiger partial charge in [-0.2, -0.15) is 0 Å². The zero-order chi connectivity index (χ0) is 23.4. The number of benzene rings is 2. The summed E-state index contributed by atoms with van der Waals surface area (Å²) in [6.45, 7) is 1.60. The fourth-order valence-electron chi connectivity index (χ4n) is 4.71. The predicted molar refractivity (Wildman–Crippen MR) is 120 cm³/mol. The number of aliphatic carboxylic acids is 1. The Morgan fingerprint density at radius 3 is 2.30 bits per heavy atom. The number of carbonyl (C=O) groups excluding carboxylic acids is 2. The summed E-state index contributed by atoms with van der Waals surface area (Å²) in [4.78, 5) is 40.0. The first-order valence-electron chi connectivity index (χ1n) is 11.2. The van der Waals surface area contributed by atoms with E-state index in [1.54, 1.807) is 0 Å². The number of carboxylic acids is 1. The first-order chi connectivity index (χ1) is 15.9. The van der Waals surface area contributed by atoms with Crippen LogP contribution in [0.3, 0.4) is 0 Å². The number of carbonyl (C=O) groups is 3. The van der Waals surface area contributed by atoms with E-state index in [9.17, 15) is 14.4 Å². The summed E-state index contributed by atoms with van der Waals surface area (Å²) in [7, 11) is 0. The molecule has 33 heavy (non-hydrogen) atoms. The van der Waals surface area contributed by atoms with Gasteiger partial charge in [0, 0.05) is 18.4 Å². The molecule has 0 bridgehead atoms. The summed E-state index contributed by atoms with van der Waals surface area (Å²) in [5.74, 6) is -1.41. The third-order valence-electron chi connectivity index (χ3n) is 6.38. The number of hydrogen-bond acceptors (Lipinski definition) is 5. The monoisotopic (exact) mass is 452 g/mol. The first-order valence-corrected chi connectivity index (χ1v) is 11.2. The van der Waals surface area contributed by atoms with E-state index in [1.807, 2.05) is 24.3 Å². The Bertz CT molecular complexity index is 994. The standard InChI is InChI=1S/C25H28N2O6/c1-15(24(29)30)33-27-23(28)13-16-10-11-17(12-16)26-25(31)32-14-22-20-8-4-2-6-18(20)19-7-3-5-9-21(19)22/h2-9,15-17,22H,10-14H2,1H3,(H,26,31)(H,27,28)(H,29,30)/t15?,16-,17+/m0/s1. The van der Waals surface area contributed by atoms with Gasteiger partial charge in [0.05, 0.1) is 0 Å². The van der Waals surface area contributed by atoms with E-state index in [0.717, 1.165) is 24.0 Å². The number of alkyl carbamates (subject to hydrolysis) is 1. The fraction of sp³-hybridized carbons (Fsp3) is 0.400. The highest BCUT2D eigenvalue weighted by Crippen LogP contribution is 2.44. The highest BCUT2D eigenvalue weighted by Gasteiger charge is 2.31. The summed E-state index contributed by atoms with van der Waals surface area (Å²) < 4.78 is 5.60. The van der Waals surface area contributed by atoms with Gasteiger partial charge in [-0.1, -0.05) is 48.5 Å². The third kappa shape index (κ3) is 5.34. The molecule has 2 aliphatic rings. The summed E-state index contributed by atoms with van der Waals surface area (Å²) in [6.07, 6.45) is 0.859. The van der Waals surface area contributed by atoms with E-state index in [-0.39, 0.29) is 36.8 Å². The zero-order valence-electron chi connectivity index (χ0n) is 18.5. The van der Waals surface area contributed by atoms with Crippen molar-refractivity contribution in [3.8, 4) is 11.1 Å². The van der Waals surface area contributed by atoms with E-state index in [4.69, 9.17) is 14.7 Å². The Morgan fingerprint density at radius 1 is 1.03 bits per heavy atom. The van der Waals surface area contributed by atoms with Crippen LogP contribution in [0.2, 0.25) is 0 Å². The van der Waals surface area contributed by atoms with Crippen LogP contribution in [0.1, 0.15) is 49.7 Å². The molecule has 8 nitrogen and oxygen atoms in total. The van der Waals surface area contributed by atoms with Crippen molar-refractivity contribution in [1.82, 2.24) is 10.8 Å². The number of hydroxylamine groups is 1. The number of ether oxygens (including phenoxy) is 1. The minimum absolute atomic E-state index is 0.0105. The van der Waals surface area contributed by atoms with Crippen molar-refractivity contribution >= 4 is 18.0 Å². The number of hydrogen-bond donors (Lipinski definition) is 3. The average molecular weight is 453 g/mol. The van der Waals surface area contributed by atoms with Gasteiger partial charge in [-0.05, 0) is 54.4 Å². The lowest BCUT2D eigenvalue weighted by Crippen LogP contribution is -2.35. The largest absolute Gasteiger partial charge is 0.479 e. The Balaban J connectivity index is 1.24. The van der Waals surface area contributed by atoms with E-state index in [1.165, 1.54) is 18.1 Å². The summed E-state index contributed by atoms with van der Waals surface area (Å²) >= 11 is 0. The lowest BCUT2D eigenvalue weighted by molar-refractivity contribution is -0.159. The number of carboxylic acid groups (broad SMARTS) is 1. The van der Waals surface area contributed by atoms with Crippen LogP contribution in [-0.4, -0.2) is 41.8 Å². The molecule has 0 heterocycles. The summed E-state index contributed by atoms with van der Waals surface area (Å²) in [5, 5.41) is 11.7. The quantitative estimate of drug-likeness (QED) is 0.528. The maximum absolute atomic E-state index is 12.5. The van der Waals surface area contributed by atoms with Crippen LogP contribution in [0.4, 0.5) is 4.79 Å². The SMILES string of the molecule is CC(ONC(=O)C[C@H]1CC[C@@H](NC(=O)OCC2c3ccccc3-c3ccccc32)C1)C(=O)O. The second-order valence-corrected chi connectivity index (χ2v) is 8.67. The molecule has 174 valence electrons. The molecule has 1 unspecified atom stereocenters. The van der Waals surface area contributed by atoms with Crippen molar-refractivity contribution in [1.29, 1.82) is 0 Å². The van der Waals surface area contributed by atoms with Crippen molar-refractivity contribution in [3.05, 3.63) is 59.7 Å². The Hall–Kier alpha value is -3.39. The molecule has 0 spiro atoms. The van der Waals surface area contributed by atoms with E-state index in [2.05, 4.69) is 35.1 Å². The molecule has 0 saturated heterocycles. The van der Waals surface area contributed by atoms with Crippen molar-refractivity contribution in [2.45, 2.75) is 50.7 Å². The molecule has 2 aromatic rings. The lowest BCUT2D eigenvalue weighted by atomic mass is 9.98. The van der Waals surface area contributed by atoms with Crippen LogP contribution in [0.15, 0.2) is 48.5 Å². The zero-order valence-corrected chi connectivity index (χ0v) is 18.5. The van der Waals surface area contributed by atoms with Gasteiger partial charge in [0.1, 0.15) is 6.61 Å². The first kappa shape index (κ1) is 22.8. The average Bonchev–Trinajstić information content (AvgIpc) is 3.37. The molecule has 0 aromatic heterocycles. The highest BCUT2D eigenvalue weighted by molar-refractivity contribution is 5.79. The van der Waals surface area contributed by atoms with Gasteiger partial charge >= 0.3 is 12.1 Å². The molecule has 3 atom stereocenters. The smallest absolute Gasteiger partial charge is 0.407 e. The fourth-order valence-corrected chi connectivity index (χ4v) is 4.71. The number of rotatable bonds is 8. The van der Waals surface area contributed by atoms with Crippen LogP contribution >= 0.6 is 0 Å². The maximum Gasteiger partial charge on any atom is 0.407 e. The second kappa shape index (κ2) is 10.0. The van der Waals surface area contributed by atoms with E-state index < -0.39 is 18.2 Å². The van der Waals surface area contributed by atoms with E-state index in [0.29, 0.717) is 6.42 Å². The van der Waals surface area contributed by atoms with Crippen LogP contribution in [0.5, 0.6) is 0 Å². The number of amides is 2. The molecule has 2 aromatic carbocycles.